The third-order valence-electron chi connectivity index (χ3n) is 4.15. The maximum atomic E-state index is 5.50. The molecule has 0 aliphatic heterocycles. The molecule has 4 nitrogen and oxygen atoms in total. The number of aromatic nitrogens is 1. The number of rotatable bonds is 7. The summed E-state index contributed by atoms with van der Waals surface area (Å²) in [5.41, 5.74) is 9.23. The first-order valence-corrected chi connectivity index (χ1v) is 7.92. The van der Waals surface area contributed by atoms with Crippen molar-refractivity contribution in [3.05, 3.63) is 59.3 Å². The predicted molar refractivity (Wildman–Crippen MR) is 102 cm³/mol. The smallest absolute Gasteiger partial charge is 0.208 e. The normalized spacial score (nSPS) is 19.3. The molecule has 0 saturated heterocycles. The summed E-state index contributed by atoms with van der Waals surface area (Å²) in [7, 11) is 0. The Morgan fingerprint density at radius 1 is 1.33 bits per heavy atom. The van der Waals surface area contributed by atoms with Crippen LogP contribution in [0.3, 0.4) is 0 Å². The Hall–Kier alpha value is -1.33. The molecule has 3 rings (SSSR count). The number of nitrogens with zero attached hydrogens (tertiary/aromatic N) is 1. The van der Waals surface area contributed by atoms with Gasteiger partial charge in [0.15, 0.2) is 0 Å². The van der Waals surface area contributed by atoms with Gasteiger partial charge in [-0.25, -0.2) is 4.98 Å². The van der Waals surface area contributed by atoms with Crippen molar-refractivity contribution >= 4 is 30.9 Å². The summed E-state index contributed by atoms with van der Waals surface area (Å²) < 4.78 is 5.25. The first kappa shape index (κ1) is 20.7. The summed E-state index contributed by atoms with van der Waals surface area (Å²) in [6.45, 7) is 3.33. The highest BCUT2D eigenvalue weighted by molar-refractivity contribution is 5.85. The molecular formula is C18H25Cl2N3O. The molecular weight excluding hydrogens is 345 g/mol. The summed E-state index contributed by atoms with van der Waals surface area (Å²) in [5.74, 6) is 1.24. The van der Waals surface area contributed by atoms with E-state index < -0.39 is 0 Å². The van der Waals surface area contributed by atoms with E-state index in [0.717, 1.165) is 18.7 Å². The third kappa shape index (κ3) is 5.35. The van der Waals surface area contributed by atoms with Crippen LogP contribution in [0, 0.1) is 5.92 Å². The van der Waals surface area contributed by atoms with Gasteiger partial charge in [0.1, 0.15) is 6.26 Å². The zero-order valence-electron chi connectivity index (χ0n) is 13.8. The molecule has 132 valence electrons. The number of hydrogen-bond donors (Lipinski definition) is 2. The molecule has 0 amide bonds. The number of oxazole rings is 1. The van der Waals surface area contributed by atoms with Crippen LogP contribution < -0.4 is 11.1 Å². The summed E-state index contributed by atoms with van der Waals surface area (Å²) >= 11 is 0. The van der Waals surface area contributed by atoms with Crippen LogP contribution in [0.1, 0.15) is 36.9 Å². The lowest BCUT2D eigenvalue weighted by molar-refractivity contribution is 0.497. The van der Waals surface area contributed by atoms with E-state index in [-0.39, 0.29) is 24.8 Å². The first-order valence-electron chi connectivity index (χ1n) is 7.92. The Morgan fingerprint density at radius 3 is 2.71 bits per heavy atom. The molecule has 3 N–H and O–H groups in total. The van der Waals surface area contributed by atoms with E-state index in [0.29, 0.717) is 24.4 Å². The molecule has 1 unspecified atom stereocenters. The van der Waals surface area contributed by atoms with Crippen LogP contribution in [0.15, 0.2) is 46.6 Å². The van der Waals surface area contributed by atoms with Gasteiger partial charge in [0.2, 0.25) is 5.89 Å². The standard InChI is InChI=1S/C18H23N3O.2ClH/c1-2-14(8-13-6-4-3-5-7-13)16-9-17(16)20-11-15-12-22-18(10-19)21-15;;/h3-8,12,16-17,20H,2,9-11,19H2,1H3;2*1H/t16-,17?;;/m0../s1. The molecule has 6 heteroatoms. The molecule has 1 aliphatic carbocycles. The number of halogens is 2. The largest absolute Gasteiger partial charge is 0.447 e. The van der Waals surface area contributed by atoms with Crippen molar-refractivity contribution in [3.8, 4) is 0 Å². The van der Waals surface area contributed by atoms with Gasteiger partial charge in [-0.2, -0.15) is 0 Å². The molecule has 1 saturated carbocycles. The highest BCUT2D eigenvalue weighted by Crippen LogP contribution is 2.39. The Kier molecular flexibility index (Phi) is 8.50. The van der Waals surface area contributed by atoms with E-state index >= 15 is 0 Å². The molecule has 1 fully saturated rings. The molecule has 2 atom stereocenters. The minimum Gasteiger partial charge on any atom is -0.447 e. The Morgan fingerprint density at radius 2 is 2.08 bits per heavy atom. The number of hydrogen-bond acceptors (Lipinski definition) is 4. The van der Waals surface area contributed by atoms with Crippen LogP contribution in [0.2, 0.25) is 0 Å². The first-order chi connectivity index (χ1) is 10.8. The van der Waals surface area contributed by atoms with E-state index in [2.05, 4.69) is 53.6 Å². The van der Waals surface area contributed by atoms with Gasteiger partial charge in [0, 0.05) is 12.6 Å². The minimum atomic E-state index is 0. The Labute approximate surface area is 155 Å². The summed E-state index contributed by atoms with van der Waals surface area (Å²) in [6.07, 6.45) is 6.31. The van der Waals surface area contributed by atoms with Crippen LogP contribution in [0.4, 0.5) is 0 Å². The van der Waals surface area contributed by atoms with Gasteiger partial charge in [-0.15, -0.1) is 24.8 Å². The van der Waals surface area contributed by atoms with Gasteiger partial charge < -0.3 is 15.5 Å². The van der Waals surface area contributed by atoms with E-state index in [4.69, 9.17) is 10.2 Å². The summed E-state index contributed by atoms with van der Waals surface area (Å²) in [6, 6.07) is 11.1. The molecule has 0 bridgehead atoms. The second-order valence-electron chi connectivity index (χ2n) is 5.75. The second kappa shape index (κ2) is 9.84. The molecule has 0 radical (unpaired) electrons. The average Bonchev–Trinajstić information content (AvgIpc) is 3.18. The fourth-order valence-corrected chi connectivity index (χ4v) is 2.82. The van der Waals surface area contributed by atoms with Gasteiger partial charge in [-0.1, -0.05) is 48.9 Å². The lowest BCUT2D eigenvalue weighted by atomic mass is 10.0. The van der Waals surface area contributed by atoms with Gasteiger partial charge in [0.25, 0.3) is 0 Å². The highest BCUT2D eigenvalue weighted by Gasteiger charge is 2.38. The van der Waals surface area contributed by atoms with Crippen molar-refractivity contribution in [2.24, 2.45) is 11.7 Å². The van der Waals surface area contributed by atoms with E-state index in [1.165, 1.54) is 17.6 Å². The maximum absolute atomic E-state index is 5.50. The van der Waals surface area contributed by atoms with Crippen LogP contribution in [-0.4, -0.2) is 11.0 Å². The molecule has 1 aromatic carbocycles. The monoisotopic (exact) mass is 369 g/mol. The number of nitrogens with one attached hydrogen (secondary N) is 1. The molecule has 1 aliphatic rings. The zero-order chi connectivity index (χ0) is 15.4. The zero-order valence-corrected chi connectivity index (χ0v) is 15.4. The van der Waals surface area contributed by atoms with Crippen molar-refractivity contribution in [2.75, 3.05) is 0 Å². The molecule has 1 aromatic heterocycles. The van der Waals surface area contributed by atoms with Crippen molar-refractivity contribution < 1.29 is 4.42 Å². The van der Waals surface area contributed by atoms with Gasteiger partial charge in [-0.05, 0) is 24.3 Å². The summed E-state index contributed by atoms with van der Waals surface area (Å²) in [5, 5.41) is 3.56. The Balaban J connectivity index is 0.00000144. The minimum absolute atomic E-state index is 0. The quantitative estimate of drug-likeness (QED) is 0.775. The fourth-order valence-electron chi connectivity index (χ4n) is 2.82. The van der Waals surface area contributed by atoms with Crippen molar-refractivity contribution in [3.63, 3.8) is 0 Å². The van der Waals surface area contributed by atoms with Crippen LogP contribution in [0.5, 0.6) is 0 Å². The molecule has 1 heterocycles. The van der Waals surface area contributed by atoms with Crippen LogP contribution in [-0.2, 0) is 13.1 Å². The van der Waals surface area contributed by atoms with E-state index in [9.17, 15) is 0 Å². The van der Waals surface area contributed by atoms with E-state index in [1.54, 1.807) is 6.26 Å². The fraction of sp³-hybridized carbons (Fsp3) is 0.389. The molecule has 2 aromatic rings. The number of benzene rings is 1. The average molecular weight is 370 g/mol. The van der Waals surface area contributed by atoms with Crippen LogP contribution >= 0.6 is 24.8 Å². The predicted octanol–water partition coefficient (Wildman–Crippen LogP) is 3.95. The van der Waals surface area contributed by atoms with Gasteiger partial charge in [-0.3, -0.25) is 0 Å². The van der Waals surface area contributed by atoms with Gasteiger partial charge >= 0.3 is 0 Å². The van der Waals surface area contributed by atoms with Crippen molar-refractivity contribution in [1.82, 2.24) is 10.3 Å². The third-order valence-corrected chi connectivity index (χ3v) is 4.15. The summed E-state index contributed by atoms with van der Waals surface area (Å²) in [4.78, 5) is 4.32. The Bertz CT molecular complexity index is 643. The lowest BCUT2D eigenvalue weighted by Crippen LogP contribution is -2.18. The van der Waals surface area contributed by atoms with E-state index in [1.807, 2.05) is 0 Å². The lowest BCUT2D eigenvalue weighted by Gasteiger charge is -2.05. The second-order valence-corrected chi connectivity index (χ2v) is 5.75. The maximum Gasteiger partial charge on any atom is 0.208 e. The highest BCUT2D eigenvalue weighted by atomic mass is 35.5. The van der Waals surface area contributed by atoms with Gasteiger partial charge in [0.05, 0.1) is 12.2 Å². The topological polar surface area (TPSA) is 64.1 Å². The SMILES string of the molecule is CCC(=Cc1ccccc1)[C@@H]1CC1NCc1coc(CN)n1.Cl.Cl. The van der Waals surface area contributed by atoms with Crippen molar-refractivity contribution in [2.45, 2.75) is 38.9 Å². The van der Waals surface area contributed by atoms with Crippen molar-refractivity contribution in [1.29, 1.82) is 0 Å². The number of nitrogens with two attached hydrogens (primary N) is 1. The molecule has 24 heavy (non-hydrogen) atoms. The molecule has 0 spiro atoms. The van der Waals surface area contributed by atoms with Crippen LogP contribution in [0.25, 0.3) is 6.08 Å².